The molecule has 0 unspecified atom stereocenters. The predicted molar refractivity (Wildman–Crippen MR) is 107 cm³/mol. The number of piperazine rings is 1. The summed E-state index contributed by atoms with van der Waals surface area (Å²) in [5.74, 6) is 1.46. The minimum atomic E-state index is -0.000433. The molecule has 0 atom stereocenters. The van der Waals surface area contributed by atoms with Crippen molar-refractivity contribution >= 4 is 11.9 Å². The highest BCUT2D eigenvalue weighted by Crippen LogP contribution is 2.22. The van der Waals surface area contributed by atoms with Gasteiger partial charge in [0.15, 0.2) is 0 Å². The highest BCUT2D eigenvalue weighted by Gasteiger charge is 2.28. The summed E-state index contributed by atoms with van der Waals surface area (Å²) in [6.45, 7) is 4.04. The summed E-state index contributed by atoms with van der Waals surface area (Å²) in [5.41, 5.74) is 0.639. The lowest BCUT2D eigenvalue weighted by Gasteiger charge is -2.36. The molecule has 0 radical (unpaired) electrons. The summed E-state index contributed by atoms with van der Waals surface area (Å²) in [6, 6.07) is 16.9. The molecule has 2 aromatic rings. The first-order chi connectivity index (χ1) is 13.7. The predicted octanol–water partition coefficient (Wildman–Crippen LogP) is 3.45. The number of ether oxygens (including phenoxy) is 1. The van der Waals surface area contributed by atoms with Crippen molar-refractivity contribution in [3.05, 3.63) is 60.2 Å². The summed E-state index contributed by atoms with van der Waals surface area (Å²) in [7, 11) is 0. The van der Waals surface area contributed by atoms with Crippen LogP contribution in [-0.2, 0) is 0 Å². The van der Waals surface area contributed by atoms with Crippen molar-refractivity contribution in [1.29, 1.82) is 0 Å². The van der Waals surface area contributed by atoms with Gasteiger partial charge in [-0.1, -0.05) is 18.2 Å². The molecule has 0 aromatic heterocycles. The number of benzene rings is 2. The molecule has 0 bridgehead atoms. The fraction of sp³-hybridized carbons (Fsp3) is 0.364. The molecule has 6 heteroatoms. The average Bonchev–Trinajstić information content (AvgIpc) is 3.29. The molecule has 2 aromatic carbocycles. The minimum Gasteiger partial charge on any atom is -0.457 e. The summed E-state index contributed by atoms with van der Waals surface area (Å²) < 4.78 is 5.77. The largest absolute Gasteiger partial charge is 0.457 e. The molecule has 4 rings (SSSR count). The average molecular weight is 379 g/mol. The zero-order valence-corrected chi connectivity index (χ0v) is 15.9. The molecule has 0 saturated carbocycles. The number of para-hydroxylation sites is 1. The number of urea groups is 1. The molecule has 3 amide bonds. The van der Waals surface area contributed by atoms with Crippen LogP contribution >= 0.6 is 0 Å². The van der Waals surface area contributed by atoms with Crippen molar-refractivity contribution < 1.29 is 14.3 Å². The lowest BCUT2D eigenvalue weighted by Crippen LogP contribution is -2.53. The number of carbonyl (C=O) groups is 2. The Morgan fingerprint density at radius 2 is 1.18 bits per heavy atom. The van der Waals surface area contributed by atoms with Gasteiger partial charge >= 0.3 is 6.03 Å². The van der Waals surface area contributed by atoms with Gasteiger partial charge < -0.3 is 19.4 Å². The Morgan fingerprint density at radius 1 is 0.643 bits per heavy atom. The SMILES string of the molecule is O=C(c1ccc(Oc2ccccc2)cc1)N1CCN(C(=O)N2CCCC2)CC1. The molecule has 2 saturated heterocycles. The van der Waals surface area contributed by atoms with Gasteiger partial charge in [-0.05, 0) is 49.2 Å². The van der Waals surface area contributed by atoms with E-state index in [1.807, 2.05) is 57.2 Å². The van der Waals surface area contributed by atoms with Crippen LogP contribution in [0, 0.1) is 0 Å². The fourth-order valence-corrected chi connectivity index (χ4v) is 3.68. The Morgan fingerprint density at radius 3 is 1.82 bits per heavy atom. The Hall–Kier alpha value is -3.02. The maximum absolute atomic E-state index is 12.8. The number of rotatable bonds is 3. The van der Waals surface area contributed by atoms with E-state index in [1.165, 1.54) is 0 Å². The third kappa shape index (κ3) is 4.11. The van der Waals surface area contributed by atoms with Gasteiger partial charge in [0.05, 0.1) is 0 Å². The van der Waals surface area contributed by atoms with E-state index < -0.39 is 0 Å². The van der Waals surface area contributed by atoms with Crippen molar-refractivity contribution in [3.63, 3.8) is 0 Å². The van der Waals surface area contributed by atoms with Gasteiger partial charge in [-0.2, -0.15) is 0 Å². The molecule has 28 heavy (non-hydrogen) atoms. The van der Waals surface area contributed by atoms with Crippen molar-refractivity contribution in [2.45, 2.75) is 12.8 Å². The molecule has 146 valence electrons. The lowest BCUT2D eigenvalue weighted by atomic mass is 10.1. The van der Waals surface area contributed by atoms with Crippen LogP contribution in [0.1, 0.15) is 23.2 Å². The Labute approximate surface area is 165 Å². The minimum absolute atomic E-state index is 0.000433. The molecule has 0 aliphatic carbocycles. The van der Waals surface area contributed by atoms with Crippen LogP contribution in [-0.4, -0.2) is 65.9 Å². The molecule has 0 N–H and O–H groups in total. The quantitative estimate of drug-likeness (QED) is 0.821. The van der Waals surface area contributed by atoms with Gasteiger partial charge in [-0.3, -0.25) is 4.79 Å². The number of nitrogens with zero attached hydrogens (tertiary/aromatic N) is 3. The number of amides is 3. The first-order valence-corrected chi connectivity index (χ1v) is 9.87. The Balaban J connectivity index is 1.31. The zero-order valence-electron chi connectivity index (χ0n) is 15.9. The van der Waals surface area contributed by atoms with Gasteiger partial charge in [0, 0.05) is 44.8 Å². The van der Waals surface area contributed by atoms with E-state index in [-0.39, 0.29) is 11.9 Å². The smallest absolute Gasteiger partial charge is 0.320 e. The molecular weight excluding hydrogens is 354 g/mol. The molecule has 2 aliphatic heterocycles. The first kappa shape index (κ1) is 18.3. The summed E-state index contributed by atoms with van der Waals surface area (Å²) in [5, 5.41) is 0. The first-order valence-electron chi connectivity index (χ1n) is 9.87. The van der Waals surface area contributed by atoms with E-state index in [2.05, 4.69) is 0 Å². The number of carbonyl (C=O) groups excluding carboxylic acids is 2. The van der Waals surface area contributed by atoms with Crippen molar-refractivity contribution in [2.75, 3.05) is 39.3 Å². The maximum Gasteiger partial charge on any atom is 0.320 e. The third-order valence-corrected chi connectivity index (χ3v) is 5.29. The molecule has 2 heterocycles. The Kier molecular flexibility index (Phi) is 5.46. The second-order valence-electron chi connectivity index (χ2n) is 7.20. The zero-order chi connectivity index (χ0) is 19.3. The topological polar surface area (TPSA) is 53.1 Å². The van der Waals surface area contributed by atoms with E-state index in [9.17, 15) is 9.59 Å². The third-order valence-electron chi connectivity index (χ3n) is 5.29. The number of hydrogen-bond acceptors (Lipinski definition) is 3. The molecule has 6 nitrogen and oxygen atoms in total. The van der Waals surface area contributed by atoms with E-state index >= 15 is 0 Å². The molecule has 2 fully saturated rings. The molecule has 0 spiro atoms. The summed E-state index contributed by atoms with van der Waals surface area (Å²) in [4.78, 5) is 30.8. The second kappa shape index (κ2) is 8.33. The van der Waals surface area contributed by atoms with E-state index in [1.54, 1.807) is 12.1 Å². The van der Waals surface area contributed by atoms with E-state index in [0.717, 1.165) is 31.7 Å². The molecular formula is C22H25N3O3. The summed E-state index contributed by atoms with van der Waals surface area (Å²) >= 11 is 0. The highest BCUT2D eigenvalue weighted by molar-refractivity contribution is 5.94. The highest BCUT2D eigenvalue weighted by atomic mass is 16.5. The lowest BCUT2D eigenvalue weighted by molar-refractivity contribution is 0.0645. The fourth-order valence-electron chi connectivity index (χ4n) is 3.68. The molecule has 2 aliphatic rings. The van der Waals surface area contributed by atoms with Crippen LogP contribution in [0.15, 0.2) is 54.6 Å². The number of likely N-dealkylation sites (tertiary alicyclic amines) is 1. The van der Waals surface area contributed by atoms with Crippen LogP contribution in [0.3, 0.4) is 0 Å². The van der Waals surface area contributed by atoms with Crippen molar-refractivity contribution in [3.8, 4) is 11.5 Å². The normalized spacial score (nSPS) is 16.9. The van der Waals surface area contributed by atoms with Crippen LogP contribution in [0.2, 0.25) is 0 Å². The second-order valence-corrected chi connectivity index (χ2v) is 7.20. The van der Waals surface area contributed by atoms with Crippen LogP contribution < -0.4 is 4.74 Å². The van der Waals surface area contributed by atoms with Crippen LogP contribution in [0.25, 0.3) is 0 Å². The van der Waals surface area contributed by atoms with Crippen LogP contribution in [0.5, 0.6) is 11.5 Å². The van der Waals surface area contributed by atoms with Gasteiger partial charge in [0.1, 0.15) is 11.5 Å². The van der Waals surface area contributed by atoms with Gasteiger partial charge in [-0.15, -0.1) is 0 Å². The van der Waals surface area contributed by atoms with Gasteiger partial charge in [0.25, 0.3) is 5.91 Å². The van der Waals surface area contributed by atoms with Crippen LogP contribution in [0.4, 0.5) is 4.79 Å². The van der Waals surface area contributed by atoms with Gasteiger partial charge in [0.2, 0.25) is 0 Å². The summed E-state index contributed by atoms with van der Waals surface area (Å²) in [6.07, 6.45) is 2.18. The van der Waals surface area contributed by atoms with Crippen molar-refractivity contribution in [2.24, 2.45) is 0 Å². The van der Waals surface area contributed by atoms with Crippen molar-refractivity contribution in [1.82, 2.24) is 14.7 Å². The standard InChI is InChI=1S/C22H25N3O3/c26-21(18-8-10-20(11-9-18)28-19-6-2-1-3-7-19)23-14-16-25(17-15-23)22(27)24-12-4-5-13-24/h1-3,6-11H,4-5,12-17H2. The Bertz CT molecular complexity index is 809. The maximum atomic E-state index is 12.8. The van der Waals surface area contributed by atoms with E-state index in [0.29, 0.717) is 37.5 Å². The van der Waals surface area contributed by atoms with Gasteiger partial charge in [-0.25, -0.2) is 4.79 Å². The van der Waals surface area contributed by atoms with E-state index in [4.69, 9.17) is 4.74 Å². The number of hydrogen-bond donors (Lipinski definition) is 0. The monoisotopic (exact) mass is 379 g/mol.